The van der Waals surface area contributed by atoms with Crippen LogP contribution in [0.15, 0.2) is 95.1 Å². The van der Waals surface area contributed by atoms with Gasteiger partial charge in [-0.3, -0.25) is 9.59 Å². The second-order valence-electron chi connectivity index (χ2n) is 7.23. The lowest BCUT2D eigenvalue weighted by molar-refractivity contribution is -0.132. The van der Waals surface area contributed by atoms with Crippen LogP contribution in [-0.4, -0.2) is 27.1 Å². The molecule has 156 valence electrons. The number of hydrogen-bond donors (Lipinski definition) is 0. The molecule has 4 aromatic rings. The Balaban J connectivity index is 1.53. The molecule has 0 aliphatic carbocycles. The number of benzene rings is 2. The van der Waals surface area contributed by atoms with Gasteiger partial charge in [0.15, 0.2) is 0 Å². The summed E-state index contributed by atoms with van der Waals surface area (Å²) >= 11 is 1.55. The Morgan fingerprint density at radius 1 is 0.871 bits per heavy atom. The molecule has 0 bridgehead atoms. The zero-order chi connectivity index (χ0) is 21.5. The van der Waals surface area contributed by atoms with E-state index in [1.807, 2.05) is 66.0 Å². The monoisotopic (exact) mass is 429 g/mol. The Labute approximate surface area is 185 Å². The van der Waals surface area contributed by atoms with Gasteiger partial charge in [-0.1, -0.05) is 66.7 Å². The SMILES string of the molecule is O=C(Cn1nc(-c2cccs2)ccc1=O)N(CCc1ccccc1)Cc1ccccc1. The molecule has 2 aromatic heterocycles. The normalized spacial score (nSPS) is 10.7. The second-order valence-corrected chi connectivity index (χ2v) is 8.18. The molecule has 5 nitrogen and oxygen atoms in total. The number of thiophene rings is 1. The van der Waals surface area contributed by atoms with Gasteiger partial charge in [-0.05, 0) is 35.1 Å². The molecule has 0 saturated heterocycles. The topological polar surface area (TPSA) is 55.2 Å². The van der Waals surface area contributed by atoms with E-state index in [1.54, 1.807) is 22.3 Å². The van der Waals surface area contributed by atoms with Crippen molar-refractivity contribution in [1.29, 1.82) is 0 Å². The van der Waals surface area contributed by atoms with Gasteiger partial charge in [-0.25, -0.2) is 4.68 Å². The lowest BCUT2D eigenvalue weighted by atomic mass is 10.1. The zero-order valence-corrected chi connectivity index (χ0v) is 17.9. The third-order valence-electron chi connectivity index (χ3n) is 5.01. The summed E-state index contributed by atoms with van der Waals surface area (Å²) in [6, 6.07) is 27.0. The van der Waals surface area contributed by atoms with Crippen molar-refractivity contribution in [2.24, 2.45) is 0 Å². The largest absolute Gasteiger partial charge is 0.336 e. The summed E-state index contributed by atoms with van der Waals surface area (Å²) < 4.78 is 1.26. The molecule has 0 N–H and O–H groups in total. The average Bonchev–Trinajstić information content (AvgIpc) is 3.34. The highest BCUT2D eigenvalue weighted by atomic mass is 32.1. The third kappa shape index (κ3) is 5.55. The maximum absolute atomic E-state index is 13.2. The van der Waals surface area contributed by atoms with Crippen molar-refractivity contribution in [3.05, 3.63) is 112 Å². The van der Waals surface area contributed by atoms with Gasteiger partial charge in [-0.15, -0.1) is 11.3 Å². The minimum absolute atomic E-state index is 0.0837. The van der Waals surface area contributed by atoms with Crippen molar-refractivity contribution in [1.82, 2.24) is 14.7 Å². The summed E-state index contributed by atoms with van der Waals surface area (Å²) in [5, 5.41) is 6.39. The summed E-state index contributed by atoms with van der Waals surface area (Å²) in [4.78, 5) is 28.4. The van der Waals surface area contributed by atoms with Crippen LogP contribution in [0.2, 0.25) is 0 Å². The predicted molar refractivity (Wildman–Crippen MR) is 124 cm³/mol. The quantitative estimate of drug-likeness (QED) is 0.421. The van der Waals surface area contributed by atoms with Crippen LogP contribution >= 0.6 is 11.3 Å². The molecule has 0 spiro atoms. The Morgan fingerprint density at radius 3 is 2.26 bits per heavy atom. The van der Waals surface area contributed by atoms with Gasteiger partial charge in [0.2, 0.25) is 5.91 Å². The fourth-order valence-electron chi connectivity index (χ4n) is 3.35. The molecular formula is C25H23N3O2S. The summed E-state index contributed by atoms with van der Waals surface area (Å²) in [6.07, 6.45) is 0.747. The third-order valence-corrected chi connectivity index (χ3v) is 5.90. The van der Waals surface area contributed by atoms with E-state index in [2.05, 4.69) is 17.2 Å². The number of nitrogens with zero attached hydrogens (tertiary/aromatic N) is 3. The van der Waals surface area contributed by atoms with Gasteiger partial charge in [0.25, 0.3) is 5.56 Å². The highest BCUT2D eigenvalue weighted by Gasteiger charge is 2.16. The molecule has 1 amide bonds. The Hall–Kier alpha value is -3.51. The molecule has 0 fully saturated rings. The van der Waals surface area contributed by atoms with Crippen LogP contribution < -0.4 is 5.56 Å². The van der Waals surface area contributed by atoms with Gasteiger partial charge < -0.3 is 4.90 Å². The van der Waals surface area contributed by atoms with Gasteiger partial charge in [0, 0.05) is 19.2 Å². The molecule has 4 rings (SSSR count). The number of carbonyl (C=O) groups is 1. The number of hydrogen-bond acceptors (Lipinski definition) is 4. The maximum atomic E-state index is 13.2. The van der Waals surface area contributed by atoms with Crippen molar-refractivity contribution in [3.63, 3.8) is 0 Å². The summed E-state index contributed by atoms with van der Waals surface area (Å²) in [5.41, 5.74) is 2.64. The van der Waals surface area contributed by atoms with Crippen LogP contribution in [0.3, 0.4) is 0 Å². The van der Waals surface area contributed by atoms with Crippen LogP contribution in [0.1, 0.15) is 11.1 Å². The first-order valence-corrected chi connectivity index (χ1v) is 11.0. The number of aromatic nitrogens is 2. The van der Waals surface area contributed by atoms with Crippen LogP contribution in [0.4, 0.5) is 0 Å². The van der Waals surface area contributed by atoms with E-state index < -0.39 is 0 Å². The molecule has 2 aromatic carbocycles. The average molecular weight is 430 g/mol. The predicted octanol–water partition coefficient (Wildman–Crippen LogP) is 4.24. The van der Waals surface area contributed by atoms with Crippen molar-refractivity contribution >= 4 is 17.2 Å². The van der Waals surface area contributed by atoms with Gasteiger partial charge in [0.1, 0.15) is 12.2 Å². The fraction of sp³-hybridized carbons (Fsp3) is 0.160. The zero-order valence-electron chi connectivity index (χ0n) is 17.1. The minimum Gasteiger partial charge on any atom is -0.336 e. The highest BCUT2D eigenvalue weighted by molar-refractivity contribution is 7.13. The van der Waals surface area contributed by atoms with E-state index in [0.29, 0.717) is 18.8 Å². The molecular weight excluding hydrogens is 406 g/mol. The van der Waals surface area contributed by atoms with E-state index in [-0.39, 0.29) is 18.0 Å². The first-order valence-electron chi connectivity index (χ1n) is 10.2. The standard InChI is InChI=1S/C25H23N3O2S/c29-24-14-13-22(23-12-7-17-31-23)26-28(24)19-25(30)27(18-21-10-5-2-6-11-21)16-15-20-8-3-1-4-9-20/h1-14,17H,15-16,18-19H2. The molecule has 0 atom stereocenters. The molecule has 0 aliphatic rings. The van der Waals surface area contributed by atoms with E-state index in [4.69, 9.17) is 0 Å². The molecule has 6 heteroatoms. The molecule has 0 radical (unpaired) electrons. The smallest absolute Gasteiger partial charge is 0.267 e. The highest BCUT2D eigenvalue weighted by Crippen LogP contribution is 2.21. The molecule has 0 saturated carbocycles. The van der Waals surface area contributed by atoms with E-state index in [1.165, 1.54) is 16.3 Å². The molecule has 0 unspecified atom stereocenters. The number of carbonyl (C=O) groups excluding carboxylic acids is 1. The van der Waals surface area contributed by atoms with Crippen LogP contribution in [0.5, 0.6) is 0 Å². The number of rotatable bonds is 8. The van der Waals surface area contributed by atoms with E-state index in [0.717, 1.165) is 16.9 Å². The summed E-state index contributed by atoms with van der Waals surface area (Å²) in [5.74, 6) is -0.127. The van der Waals surface area contributed by atoms with Gasteiger partial charge >= 0.3 is 0 Å². The maximum Gasteiger partial charge on any atom is 0.267 e. The lowest BCUT2D eigenvalue weighted by Crippen LogP contribution is -2.38. The first-order chi connectivity index (χ1) is 15.2. The van der Waals surface area contributed by atoms with Crippen LogP contribution in [0, 0.1) is 0 Å². The Bertz CT molecular complexity index is 1170. The second kappa shape index (κ2) is 10.00. The van der Waals surface area contributed by atoms with Gasteiger partial charge in [-0.2, -0.15) is 5.10 Å². The summed E-state index contributed by atoms with van der Waals surface area (Å²) in [7, 11) is 0. The summed E-state index contributed by atoms with van der Waals surface area (Å²) in [6.45, 7) is 0.975. The van der Waals surface area contributed by atoms with Crippen molar-refractivity contribution < 1.29 is 4.79 Å². The Morgan fingerprint density at radius 2 is 1.58 bits per heavy atom. The lowest BCUT2D eigenvalue weighted by Gasteiger charge is -2.23. The molecule has 2 heterocycles. The fourth-order valence-corrected chi connectivity index (χ4v) is 4.04. The molecule has 31 heavy (non-hydrogen) atoms. The minimum atomic E-state index is -0.281. The number of amides is 1. The first kappa shape index (κ1) is 20.8. The van der Waals surface area contributed by atoms with Crippen molar-refractivity contribution in [2.75, 3.05) is 6.54 Å². The van der Waals surface area contributed by atoms with Crippen LogP contribution in [0.25, 0.3) is 10.6 Å². The van der Waals surface area contributed by atoms with E-state index >= 15 is 0 Å². The van der Waals surface area contributed by atoms with E-state index in [9.17, 15) is 9.59 Å². The Kier molecular flexibility index (Phi) is 6.69. The molecule has 0 aliphatic heterocycles. The van der Waals surface area contributed by atoms with Crippen LogP contribution in [-0.2, 0) is 24.3 Å². The van der Waals surface area contributed by atoms with Crippen molar-refractivity contribution in [2.45, 2.75) is 19.5 Å². The van der Waals surface area contributed by atoms with Crippen molar-refractivity contribution in [3.8, 4) is 10.6 Å². The van der Waals surface area contributed by atoms with Gasteiger partial charge in [0.05, 0.1) is 4.88 Å².